The number of H-pyrrole nitrogens is 1. The summed E-state index contributed by atoms with van der Waals surface area (Å²) in [6.07, 6.45) is -4.52. The fourth-order valence-electron chi connectivity index (χ4n) is 2.62. The van der Waals surface area contributed by atoms with E-state index in [1.807, 2.05) is 0 Å². The molecule has 7 nitrogen and oxygen atoms in total. The van der Waals surface area contributed by atoms with E-state index in [0.717, 1.165) is 28.9 Å². The van der Waals surface area contributed by atoms with Gasteiger partial charge in [-0.2, -0.15) is 17.8 Å². The molecule has 11 heteroatoms. The van der Waals surface area contributed by atoms with Gasteiger partial charge in [-0.25, -0.2) is 0 Å². The van der Waals surface area contributed by atoms with Gasteiger partial charge < -0.3 is 14.5 Å². The molecule has 1 aromatic heterocycles. The van der Waals surface area contributed by atoms with Crippen LogP contribution < -0.4 is 20.5 Å². The van der Waals surface area contributed by atoms with Crippen molar-refractivity contribution in [1.82, 2.24) is 9.66 Å². The Balaban J connectivity index is 2.00. The van der Waals surface area contributed by atoms with E-state index in [4.69, 9.17) is 21.7 Å². The summed E-state index contributed by atoms with van der Waals surface area (Å²) in [7, 11) is 2.84. The topological polar surface area (TPSA) is 85.4 Å². The maximum absolute atomic E-state index is 12.8. The molecule has 0 saturated heterocycles. The molecule has 2 N–H and O–H groups in total. The fourth-order valence-corrected chi connectivity index (χ4v) is 2.86. The van der Waals surface area contributed by atoms with Gasteiger partial charge in [-0.05, 0) is 42.5 Å². The highest BCUT2D eigenvalue weighted by Crippen LogP contribution is 2.30. The first-order valence-electron chi connectivity index (χ1n) is 8.05. The van der Waals surface area contributed by atoms with Crippen molar-refractivity contribution in [3.05, 3.63) is 62.6 Å². The SMILES string of the molecule is COc1cc2[nH]c(=S)n(NC(=O)c3ccc(C(F)(F)F)cc3)c(=O)c2cc1OC. The molecule has 152 valence electrons. The van der Waals surface area contributed by atoms with Gasteiger partial charge in [-0.1, -0.05) is 0 Å². The van der Waals surface area contributed by atoms with Gasteiger partial charge >= 0.3 is 6.18 Å². The number of alkyl halides is 3. The van der Waals surface area contributed by atoms with Gasteiger partial charge in [0.15, 0.2) is 16.3 Å². The van der Waals surface area contributed by atoms with Crippen LogP contribution in [0.1, 0.15) is 15.9 Å². The molecular formula is C18H14F3N3O4S. The Bertz CT molecular complexity index is 1200. The summed E-state index contributed by atoms with van der Waals surface area (Å²) in [5.74, 6) is -0.139. The molecule has 0 fully saturated rings. The van der Waals surface area contributed by atoms with Crippen LogP contribution in [0.5, 0.6) is 11.5 Å². The van der Waals surface area contributed by atoms with Crippen LogP contribution >= 0.6 is 12.2 Å². The summed E-state index contributed by atoms with van der Waals surface area (Å²) in [6, 6.07) is 6.50. The van der Waals surface area contributed by atoms with Crippen molar-refractivity contribution < 1.29 is 27.4 Å². The second-order valence-electron chi connectivity index (χ2n) is 5.84. The molecule has 29 heavy (non-hydrogen) atoms. The van der Waals surface area contributed by atoms with E-state index in [0.29, 0.717) is 17.0 Å². The van der Waals surface area contributed by atoms with Gasteiger partial charge in [0.25, 0.3) is 11.5 Å². The molecule has 3 rings (SSSR count). The van der Waals surface area contributed by atoms with E-state index in [1.165, 1.54) is 26.4 Å². The zero-order valence-corrected chi connectivity index (χ0v) is 15.9. The van der Waals surface area contributed by atoms with Crippen LogP contribution in [-0.4, -0.2) is 29.8 Å². The van der Waals surface area contributed by atoms with Gasteiger partial charge in [0.05, 0.1) is 30.7 Å². The molecule has 1 amide bonds. The summed E-state index contributed by atoms with van der Waals surface area (Å²) < 4.78 is 49.0. The Labute approximate surface area is 166 Å². The number of halogens is 3. The Morgan fingerprint density at radius 1 is 1.10 bits per heavy atom. The lowest BCUT2D eigenvalue weighted by atomic mass is 10.1. The Morgan fingerprint density at radius 3 is 2.24 bits per heavy atom. The fraction of sp³-hybridized carbons (Fsp3) is 0.167. The highest BCUT2D eigenvalue weighted by atomic mass is 32.1. The van der Waals surface area contributed by atoms with Crippen LogP contribution in [0.4, 0.5) is 13.2 Å². The first-order chi connectivity index (χ1) is 13.7. The number of fused-ring (bicyclic) bond motifs is 1. The third-order valence-electron chi connectivity index (χ3n) is 4.09. The molecule has 2 aromatic carbocycles. The van der Waals surface area contributed by atoms with Crippen LogP contribution in [0.3, 0.4) is 0 Å². The Morgan fingerprint density at radius 2 is 1.69 bits per heavy atom. The lowest BCUT2D eigenvalue weighted by molar-refractivity contribution is -0.137. The van der Waals surface area contributed by atoms with E-state index < -0.39 is 23.2 Å². The molecule has 0 bridgehead atoms. The summed E-state index contributed by atoms with van der Waals surface area (Å²) in [4.78, 5) is 28.0. The van der Waals surface area contributed by atoms with Crippen molar-refractivity contribution in [3.8, 4) is 11.5 Å². The maximum atomic E-state index is 12.8. The smallest absolute Gasteiger partial charge is 0.416 e. The number of aromatic nitrogens is 2. The number of nitrogens with one attached hydrogen (secondary N) is 2. The molecule has 0 radical (unpaired) electrons. The molecule has 0 aliphatic rings. The van der Waals surface area contributed by atoms with Crippen molar-refractivity contribution in [2.24, 2.45) is 0 Å². The first-order valence-corrected chi connectivity index (χ1v) is 8.46. The zero-order chi connectivity index (χ0) is 21.3. The van der Waals surface area contributed by atoms with Crippen molar-refractivity contribution in [2.45, 2.75) is 6.18 Å². The second kappa shape index (κ2) is 7.59. The number of amides is 1. The molecule has 3 aromatic rings. The monoisotopic (exact) mass is 425 g/mol. The van der Waals surface area contributed by atoms with Crippen molar-refractivity contribution in [3.63, 3.8) is 0 Å². The number of rotatable bonds is 4. The molecule has 1 heterocycles. The van der Waals surface area contributed by atoms with E-state index >= 15 is 0 Å². The van der Waals surface area contributed by atoms with Gasteiger partial charge in [-0.15, -0.1) is 0 Å². The van der Waals surface area contributed by atoms with Crippen LogP contribution in [-0.2, 0) is 6.18 Å². The van der Waals surface area contributed by atoms with Gasteiger partial charge in [0.2, 0.25) is 0 Å². The lowest BCUT2D eigenvalue weighted by Gasteiger charge is -2.12. The number of ether oxygens (including phenoxy) is 2. The summed E-state index contributed by atoms with van der Waals surface area (Å²) in [5.41, 5.74) is 1.03. The number of hydrogen-bond donors (Lipinski definition) is 2. The Hall–Kier alpha value is -3.34. The molecular weight excluding hydrogens is 411 g/mol. The van der Waals surface area contributed by atoms with Crippen LogP contribution in [0.2, 0.25) is 0 Å². The number of carbonyl (C=O) groups excluding carboxylic acids is 1. The number of aromatic amines is 1. The van der Waals surface area contributed by atoms with E-state index in [-0.39, 0.29) is 15.7 Å². The van der Waals surface area contributed by atoms with Crippen LogP contribution in [0.15, 0.2) is 41.2 Å². The van der Waals surface area contributed by atoms with Gasteiger partial charge in [-0.3, -0.25) is 15.0 Å². The number of carbonyl (C=O) groups is 1. The number of methoxy groups -OCH3 is 2. The van der Waals surface area contributed by atoms with Crippen molar-refractivity contribution in [2.75, 3.05) is 19.6 Å². The Kier molecular flexibility index (Phi) is 5.33. The highest BCUT2D eigenvalue weighted by molar-refractivity contribution is 7.71. The average Bonchev–Trinajstić information content (AvgIpc) is 2.69. The summed E-state index contributed by atoms with van der Waals surface area (Å²) >= 11 is 5.12. The normalized spacial score (nSPS) is 11.3. The third-order valence-corrected chi connectivity index (χ3v) is 4.37. The quantitative estimate of drug-likeness (QED) is 0.626. The number of benzene rings is 2. The minimum atomic E-state index is -4.52. The molecule has 0 unspecified atom stereocenters. The van der Waals surface area contributed by atoms with Crippen molar-refractivity contribution >= 4 is 29.0 Å². The van der Waals surface area contributed by atoms with E-state index in [9.17, 15) is 22.8 Å². The van der Waals surface area contributed by atoms with Gasteiger partial charge in [0.1, 0.15) is 0 Å². The summed E-state index contributed by atoms with van der Waals surface area (Å²) in [5, 5.41) is 0.156. The molecule has 0 aliphatic carbocycles. The lowest BCUT2D eigenvalue weighted by Crippen LogP contribution is -2.34. The third kappa shape index (κ3) is 3.94. The molecule has 0 atom stereocenters. The minimum Gasteiger partial charge on any atom is -0.493 e. The standard InChI is InChI=1S/C18H14F3N3O4S/c1-27-13-7-11-12(8-14(13)28-2)22-17(29)24(16(11)26)23-15(25)9-3-5-10(6-4-9)18(19,20)21/h3-8H,1-2H3,(H,22,29)(H,23,25). The number of hydrogen-bond acceptors (Lipinski definition) is 5. The predicted molar refractivity (Wildman–Crippen MR) is 102 cm³/mol. The van der Waals surface area contributed by atoms with E-state index in [2.05, 4.69) is 10.4 Å². The number of nitrogens with zero attached hydrogens (tertiary/aromatic N) is 1. The molecule has 0 saturated carbocycles. The molecule has 0 spiro atoms. The highest BCUT2D eigenvalue weighted by Gasteiger charge is 2.30. The maximum Gasteiger partial charge on any atom is 0.416 e. The van der Waals surface area contributed by atoms with Crippen LogP contribution in [0.25, 0.3) is 10.9 Å². The van der Waals surface area contributed by atoms with Crippen molar-refractivity contribution in [1.29, 1.82) is 0 Å². The largest absolute Gasteiger partial charge is 0.493 e. The second-order valence-corrected chi connectivity index (χ2v) is 6.23. The van der Waals surface area contributed by atoms with Gasteiger partial charge in [0, 0.05) is 11.6 Å². The predicted octanol–water partition coefficient (Wildman–Crippen LogP) is 3.48. The van der Waals surface area contributed by atoms with E-state index in [1.54, 1.807) is 0 Å². The first kappa shape index (κ1) is 20.4. The zero-order valence-electron chi connectivity index (χ0n) is 15.1. The average molecular weight is 425 g/mol. The summed E-state index contributed by atoms with van der Waals surface area (Å²) in [6.45, 7) is 0. The minimum absolute atomic E-state index is 0.0771. The molecule has 0 aliphatic heterocycles. The van der Waals surface area contributed by atoms with Crippen LogP contribution in [0, 0.1) is 4.77 Å².